The number of esters is 1. The topological polar surface area (TPSA) is 164 Å². The number of pyridine rings is 1. The molecule has 322 valence electrons. The maximum absolute atomic E-state index is 14.0. The van der Waals surface area contributed by atoms with Crippen LogP contribution < -0.4 is 16.2 Å². The van der Waals surface area contributed by atoms with Gasteiger partial charge in [0, 0.05) is 52.0 Å². The number of aliphatic hydroxyl groups excluding tert-OH is 1. The molecule has 2 unspecified atom stereocenters. The van der Waals surface area contributed by atoms with E-state index >= 15 is 0 Å². The summed E-state index contributed by atoms with van der Waals surface area (Å²) in [5.41, 5.74) is 2.76. The molecule has 5 aromatic carbocycles. The van der Waals surface area contributed by atoms with Gasteiger partial charge in [-0.05, 0) is 102 Å². The van der Waals surface area contributed by atoms with Gasteiger partial charge in [0.1, 0.15) is 5.75 Å². The summed E-state index contributed by atoms with van der Waals surface area (Å²) in [4.78, 5) is 45.9. The van der Waals surface area contributed by atoms with Gasteiger partial charge in [0.15, 0.2) is 0 Å². The Balaban J connectivity index is 0.866. The number of aromatic nitrogens is 1. The van der Waals surface area contributed by atoms with Gasteiger partial charge in [-0.2, -0.15) is 0 Å². The summed E-state index contributed by atoms with van der Waals surface area (Å²) in [6, 6.07) is 43.9. The molecule has 6 N–H and O–H groups in total. The molecule has 12 heteroatoms. The van der Waals surface area contributed by atoms with Gasteiger partial charge in [-0.1, -0.05) is 97.1 Å². The van der Waals surface area contributed by atoms with Crippen molar-refractivity contribution in [3.05, 3.63) is 194 Å². The summed E-state index contributed by atoms with van der Waals surface area (Å²) in [7, 11) is 0. The first-order valence-corrected chi connectivity index (χ1v) is 22.0. The lowest BCUT2D eigenvalue weighted by Crippen LogP contribution is -2.40. The molecule has 0 spiro atoms. The van der Waals surface area contributed by atoms with Crippen molar-refractivity contribution in [1.29, 1.82) is 0 Å². The predicted molar refractivity (Wildman–Crippen MR) is 245 cm³/mol. The van der Waals surface area contributed by atoms with Gasteiger partial charge in [-0.15, -0.1) is 11.3 Å². The molecule has 0 bridgehead atoms. The van der Waals surface area contributed by atoms with E-state index in [0.717, 1.165) is 53.4 Å². The van der Waals surface area contributed by atoms with Crippen LogP contribution in [-0.4, -0.2) is 63.3 Å². The number of hydrogen-bond donors (Lipinski definition) is 6. The van der Waals surface area contributed by atoms with Crippen molar-refractivity contribution in [2.24, 2.45) is 5.92 Å². The molecule has 3 heterocycles. The van der Waals surface area contributed by atoms with Crippen LogP contribution in [0.1, 0.15) is 62.0 Å². The van der Waals surface area contributed by atoms with E-state index < -0.39 is 17.7 Å². The fraction of sp³-hybridized carbons (Fsp3) is 0.235. The van der Waals surface area contributed by atoms with Gasteiger partial charge >= 0.3 is 5.97 Å². The van der Waals surface area contributed by atoms with Gasteiger partial charge < -0.3 is 35.7 Å². The third kappa shape index (κ3) is 10.3. The third-order valence-electron chi connectivity index (χ3n) is 11.7. The van der Waals surface area contributed by atoms with E-state index in [1.54, 1.807) is 54.6 Å². The van der Waals surface area contributed by atoms with Crippen LogP contribution in [0, 0.1) is 5.92 Å². The molecule has 1 fully saturated rings. The first-order chi connectivity index (χ1) is 30.6. The molecular formula is C51H50N4O7S. The molecule has 2 atom stereocenters. The molecule has 1 amide bonds. The van der Waals surface area contributed by atoms with Crippen LogP contribution in [0.5, 0.6) is 5.75 Å². The fourth-order valence-corrected chi connectivity index (χ4v) is 9.11. The summed E-state index contributed by atoms with van der Waals surface area (Å²) >= 11 is 1.51. The van der Waals surface area contributed by atoms with Crippen LogP contribution in [0.3, 0.4) is 0 Å². The SMILES string of the molecule is O=C(NCc1ccc(-c2cccc(C(O)(C(=O)OCC3CCN(Cc4ccccc4)CC3)c3ccccc3)c2)s1)c1cccc(CNCC(O)c2ccc(O)c3[nH]c(=O)ccc23)c1. The van der Waals surface area contributed by atoms with Crippen molar-refractivity contribution in [1.82, 2.24) is 20.5 Å². The number of fused-ring (bicyclic) bond motifs is 1. The summed E-state index contributed by atoms with van der Waals surface area (Å²) in [6.07, 6.45) is 0.903. The van der Waals surface area contributed by atoms with Gasteiger partial charge in [-0.3, -0.25) is 14.5 Å². The third-order valence-corrected chi connectivity index (χ3v) is 12.8. The molecule has 0 aliphatic carbocycles. The second-order valence-electron chi connectivity index (χ2n) is 16.0. The van der Waals surface area contributed by atoms with Crippen LogP contribution in [-0.2, 0) is 34.8 Å². The molecule has 1 aliphatic heterocycles. The van der Waals surface area contributed by atoms with Gasteiger partial charge in [0.2, 0.25) is 11.2 Å². The average Bonchev–Trinajstić information content (AvgIpc) is 3.80. The van der Waals surface area contributed by atoms with Crippen molar-refractivity contribution in [2.75, 3.05) is 26.2 Å². The Morgan fingerprint density at radius 1 is 0.810 bits per heavy atom. The number of likely N-dealkylation sites (tertiary alicyclic amines) is 1. The van der Waals surface area contributed by atoms with E-state index in [9.17, 15) is 29.7 Å². The summed E-state index contributed by atoms with van der Waals surface area (Å²) in [5.74, 6) is -0.800. The normalized spacial score (nSPS) is 14.8. The maximum atomic E-state index is 14.0. The number of H-pyrrole nitrogens is 1. The lowest BCUT2D eigenvalue weighted by atomic mass is 9.85. The number of rotatable bonds is 16. The number of carbonyl (C=O) groups is 2. The number of nitrogens with one attached hydrogen (secondary N) is 3. The number of phenolic OH excluding ortho intramolecular Hbond substituents is 1. The standard InChI is InChI=1S/C51H50N4O7S/c56-44-20-18-42(43-19-22-47(58)54-48(43)44)45(57)31-52-29-36-11-7-13-38(27-36)49(59)53-30-41-17-21-46(63-41)37-12-8-16-40(28-37)51(61,39-14-5-2-6-15-39)50(60)62-33-35-23-25-55(26-24-35)32-34-9-3-1-4-10-34/h1-22,27-28,35,45,52,56-57,61H,23-26,29-33H2,(H,53,59)(H,54,58). The smallest absolute Gasteiger partial charge is 0.347 e. The van der Waals surface area contributed by atoms with E-state index in [0.29, 0.717) is 40.7 Å². The van der Waals surface area contributed by atoms with Gasteiger partial charge in [-0.25, -0.2) is 4.79 Å². The number of aromatic hydroxyl groups is 1. The summed E-state index contributed by atoms with van der Waals surface area (Å²) in [6.45, 7) is 3.87. The Hall–Kier alpha value is -6.41. The Bertz CT molecular complexity index is 2730. The lowest BCUT2D eigenvalue weighted by Gasteiger charge is -2.33. The van der Waals surface area contributed by atoms with E-state index in [1.807, 2.05) is 54.6 Å². The van der Waals surface area contributed by atoms with E-state index in [1.165, 1.54) is 29.0 Å². The van der Waals surface area contributed by atoms with Crippen LogP contribution in [0.15, 0.2) is 150 Å². The number of hydrogen-bond acceptors (Lipinski definition) is 10. The summed E-state index contributed by atoms with van der Waals surface area (Å²) in [5, 5.41) is 40.2. The van der Waals surface area contributed by atoms with E-state index in [2.05, 4.69) is 44.8 Å². The molecule has 1 saturated heterocycles. The first-order valence-electron chi connectivity index (χ1n) is 21.2. The number of thiophene rings is 1. The Morgan fingerprint density at radius 3 is 2.33 bits per heavy atom. The quantitative estimate of drug-likeness (QED) is 0.0544. The summed E-state index contributed by atoms with van der Waals surface area (Å²) < 4.78 is 5.95. The van der Waals surface area contributed by atoms with Crippen LogP contribution >= 0.6 is 11.3 Å². The minimum absolute atomic E-state index is 0.0725. The minimum atomic E-state index is -2.02. The Morgan fingerprint density at radius 2 is 1.54 bits per heavy atom. The van der Waals surface area contributed by atoms with Crippen LogP contribution in [0.25, 0.3) is 21.3 Å². The average molecular weight is 863 g/mol. The van der Waals surface area contributed by atoms with Crippen molar-refractivity contribution in [2.45, 2.75) is 44.2 Å². The number of carbonyl (C=O) groups excluding carboxylic acids is 2. The highest BCUT2D eigenvalue weighted by Gasteiger charge is 2.42. The molecule has 0 radical (unpaired) electrons. The van der Waals surface area contributed by atoms with Gasteiger partial charge in [0.05, 0.1) is 24.8 Å². The zero-order valence-electron chi connectivity index (χ0n) is 34.7. The predicted octanol–water partition coefficient (Wildman–Crippen LogP) is 7.41. The number of aliphatic hydroxyl groups is 2. The number of benzene rings is 5. The first kappa shape index (κ1) is 43.2. The molecule has 8 rings (SSSR count). The van der Waals surface area contributed by atoms with Crippen molar-refractivity contribution < 1.29 is 29.6 Å². The number of ether oxygens (including phenoxy) is 1. The molecule has 2 aromatic heterocycles. The van der Waals surface area contributed by atoms with Crippen LogP contribution in [0.2, 0.25) is 0 Å². The van der Waals surface area contributed by atoms with E-state index in [-0.39, 0.29) is 41.8 Å². The highest BCUT2D eigenvalue weighted by Crippen LogP contribution is 2.36. The zero-order valence-corrected chi connectivity index (χ0v) is 35.5. The largest absolute Gasteiger partial charge is 0.506 e. The fourth-order valence-electron chi connectivity index (χ4n) is 8.16. The minimum Gasteiger partial charge on any atom is -0.506 e. The second kappa shape index (κ2) is 19.7. The molecule has 1 aliphatic rings. The Labute approximate surface area is 369 Å². The molecule has 7 aromatic rings. The number of aromatic amines is 1. The van der Waals surface area contributed by atoms with Crippen LogP contribution in [0.4, 0.5) is 0 Å². The number of amides is 1. The molecular weight excluding hydrogens is 813 g/mol. The molecule has 0 saturated carbocycles. The van der Waals surface area contributed by atoms with Gasteiger partial charge in [0.25, 0.3) is 5.91 Å². The Kier molecular flexibility index (Phi) is 13.6. The number of nitrogens with zero attached hydrogens (tertiary/aromatic N) is 1. The van der Waals surface area contributed by atoms with Crippen molar-refractivity contribution in [3.8, 4) is 16.2 Å². The highest BCUT2D eigenvalue weighted by molar-refractivity contribution is 7.15. The second-order valence-corrected chi connectivity index (χ2v) is 17.2. The molecule has 11 nitrogen and oxygen atoms in total. The monoisotopic (exact) mass is 862 g/mol. The molecule has 63 heavy (non-hydrogen) atoms. The van der Waals surface area contributed by atoms with Crippen molar-refractivity contribution >= 4 is 34.1 Å². The zero-order chi connectivity index (χ0) is 43.8. The lowest BCUT2D eigenvalue weighted by molar-refractivity contribution is -0.164. The van der Waals surface area contributed by atoms with Crippen molar-refractivity contribution in [3.63, 3.8) is 0 Å². The number of phenols is 1. The number of piperidine rings is 1. The van der Waals surface area contributed by atoms with E-state index in [4.69, 9.17) is 4.74 Å². The highest BCUT2D eigenvalue weighted by atomic mass is 32.1. The maximum Gasteiger partial charge on any atom is 0.347 e.